The van der Waals surface area contributed by atoms with E-state index in [9.17, 15) is 14.7 Å². The van der Waals surface area contributed by atoms with E-state index in [0.717, 1.165) is 37.2 Å². The highest BCUT2D eigenvalue weighted by Crippen LogP contribution is 2.34. The lowest BCUT2D eigenvalue weighted by Crippen LogP contribution is -2.39. The first-order valence-corrected chi connectivity index (χ1v) is 8.12. The van der Waals surface area contributed by atoms with Crippen molar-refractivity contribution in [1.29, 1.82) is 0 Å². The number of rotatable bonds is 5. The molecule has 1 fully saturated rings. The van der Waals surface area contributed by atoms with E-state index in [1.165, 1.54) is 0 Å². The summed E-state index contributed by atoms with van der Waals surface area (Å²) in [4.78, 5) is 25.6. The van der Waals surface area contributed by atoms with Crippen molar-refractivity contribution in [3.05, 3.63) is 29.8 Å². The van der Waals surface area contributed by atoms with Crippen LogP contribution in [0.15, 0.2) is 24.3 Å². The summed E-state index contributed by atoms with van der Waals surface area (Å²) in [5.41, 5.74) is 0.804. The minimum Gasteiger partial charge on any atom is -0.481 e. The fourth-order valence-electron chi connectivity index (χ4n) is 3.01. The lowest BCUT2D eigenvalue weighted by atomic mass is 9.83. The van der Waals surface area contributed by atoms with E-state index in [-0.39, 0.29) is 11.9 Å². The average Bonchev–Trinajstić information content (AvgIpc) is 2.55. The normalized spacial score (nSPS) is 16.2. The van der Waals surface area contributed by atoms with Gasteiger partial charge >= 0.3 is 11.9 Å². The van der Waals surface area contributed by atoms with Crippen LogP contribution in [0.3, 0.4) is 0 Å². The molecule has 1 aromatic rings. The molecule has 0 spiro atoms. The van der Waals surface area contributed by atoms with Gasteiger partial charge in [0.15, 0.2) is 0 Å². The minimum absolute atomic E-state index is 0.0501. The summed E-state index contributed by atoms with van der Waals surface area (Å²) in [6.45, 7) is 7.14. The molecular formula is C18H25NO4. The summed E-state index contributed by atoms with van der Waals surface area (Å²) in [6.07, 6.45) is 1.47. The Kier molecular flexibility index (Phi) is 5.29. The van der Waals surface area contributed by atoms with Gasteiger partial charge in [-0.15, -0.1) is 0 Å². The summed E-state index contributed by atoms with van der Waals surface area (Å²) in [5, 5.41) is 9.51. The van der Waals surface area contributed by atoms with Gasteiger partial charge in [0.05, 0.1) is 17.9 Å². The van der Waals surface area contributed by atoms with Crippen LogP contribution in [0.5, 0.6) is 0 Å². The number of carboxylic acids is 1. The topological polar surface area (TPSA) is 66.8 Å². The van der Waals surface area contributed by atoms with Gasteiger partial charge in [0, 0.05) is 18.8 Å². The second-order valence-corrected chi connectivity index (χ2v) is 6.46. The molecule has 0 amide bonds. The van der Waals surface area contributed by atoms with Gasteiger partial charge < -0.3 is 14.7 Å². The third-order valence-electron chi connectivity index (χ3n) is 4.57. The number of aliphatic carboxylic acids is 1. The summed E-state index contributed by atoms with van der Waals surface area (Å²) < 4.78 is 5.10. The Morgan fingerprint density at radius 3 is 2.43 bits per heavy atom. The van der Waals surface area contributed by atoms with E-state index in [1.54, 1.807) is 13.8 Å². The van der Waals surface area contributed by atoms with Gasteiger partial charge in [0.2, 0.25) is 0 Å². The van der Waals surface area contributed by atoms with Gasteiger partial charge in [-0.2, -0.15) is 0 Å². The molecule has 1 aliphatic rings. The molecule has 1 heterocycles. The number of hydrogen-bond donors (Lipinski definition) is 1. The third kappa shape index (κ3) is 3.66. The number of carbonyl (C=O) groups is 2. The second kappa shape index (κ2) is 7.02. The molecule has 0 radical (unpaired) electrons. The molecule has 1 aromatic carbocycles. The molecule has 0 bridgehead atoms. The zero-order valence-electron chi connectivity index (χ0n) is 14.0. The Labute approximate surface area is 137 Å². The van der Waals surface area contributed by atoms with Gasteiger partial charge in [-0.25, -0.2) is 0 Å². The SMILES string of the molecule is CCOC(=O)C1CCN(c2ccccc2C(C)(C)C(=O)O)CC1. The average molecular weight is 319 g/mol. The predicted octanol–water partition coefficient (Wildman–Crippen LogP) is 2.83. The quantitative estimate of drug-likeness (QED) is 0.845. The number of carbonyl (C=O) groups excluding carboxylic acids is 1. The van der Waals surface area contributed by atoms with Crippen LogP contribution >= 0.6 is 0 Å². The van der Waals surface area contributed by atoms with Gasteiger partial charge in [-0.05, 0) is 45.2 Å². The summed E-state index contributed by atoms with van der Waals surface area (Å²) >= 11 is 0. The van der Waals surface area contributed by atoms with Gasteiger partial charge in [0.1, 0.15) is 0 Å². The van der Waals surface area contributed by atoms with Gasteiger partial charge in [-0.1, -0.05) is 18.2 Å². The van der Waals surface area contributed by atoms with Crippen molar-refractivity contribution in [2.24, 2.45) is 5.92 Å². The molecule has 2 rings (SSSR count). The minimum atomic E-state index is -0.950. The van der Waals surface area contributed by atoms with E-state index >= 15 is 0 Å². The number of piperidine rings is 1. The first-order chi connectivity index (χ1) is 10.9. The Morgan fingerprint density at radius 2 is 1.87 bits per heavy atom. The number of carboxylic acid groups (broad SMARTS) is 1. The molecular weight excluding hydrogens is 294 g/mol. The van der Waals surface area contributed by atoms with Crippen LogP contribution in [0.1, 0.15) is 39.2 Å². The molecule has 1 aliphatic heterocycles. The predicted molar refractivity (Wildman–Crippen MR) is 88.7 cm³/mol. The number of nitrogens with zero attached hydrogens (tertiary/aromatic N) is 1. The summed E-state index contributed by atoms with van der Waals surface area (Å²) in [7, 11) is 0. The maximum Gasteiger partial charge on any atom is 0.313 e. The molecule has 0 aliphatic carbocycles. The maximum absolute atomic E-state index is 11.8. The van der Waals surface area contributed by atoms with Crippen LogP contribution < -0.4 is 4.90 Å². The smallest absolute Gasteiger partial charge is 0.313 e. The van der Waals surface area contributed by atoms with E-state index in [1.807, 2.05) is 31.2 Å². The van der Waals surface area contributed by atoms with E-state index in [2.05, 4.69) is 4.90 Å². The molecule has 23 heavy (non-hydrogen) atoms. The maximum atomic E-state index is 11.8. The highest BCUT2D eigenvalue weighted by atomic mass is 16.5. The van der Waals surface area contributed by atoms with Gasteiger partial charge in [-0.3, -0.25) is 9.59 Å². The summed E-state index contributed by atoms with van der Waals surface area (Å²) in [5.74, 6) is -1.01. The molecule has 5 nitrogen and oxygen atoms in total. The van der Waals surface area contributed by atoms with Crippen molar-refractivity contribution in [2.75, 3.05) is 24.6 Å². The Bertz CT molecular complexity index is 574. The molecule has 0 aromatic heterocycles. The molecule has 1 saturated heterocycles. The number of hydrogen-bond acceptors (Lipinski definition) is 4. The molecule has 126 valence electrons. The lowest BCUT2D eigenvalue weighted by Gasteiger charge is -2.36. The Hall–Kier alpha value is -2.04. The van der Waals surface area contributed by atoms with Crippen LogP contribution in [0, 0.1) is 5.92 Å². The first-order valence-electron chi connectivity index (χ1n) is 8.12. The highest BCUT2D eigenvalue weighted by molar-refractivity contribution is 5.83. The van der Waals surface area contributed by atoms with E-state index in [4.69, 9.17) is 4.74 Å². The monoisotopic (exact) mass is 319 g/mol. The van der Waals surface area contributed by atoms with Crippen molar-refractivity contribution in [1.82, 2.24) is 0 Å². The van der Waals surface area contributed by atoms with Crippen molar-refractivity contribution in [3.8, 4) is 0 Å². The van der Waals surface area contributed by atoms with E-state index < -0.39 is 11.4 Å². The third-order valence-corrected chi connectivity index (χ3v) is 4.57. The van der Waals surface area contributed by atoms with Crippen molar-refractivity contribution in [2.45, 2.75) is 39.0 Å². The Morgan fingerprint density at radius 1 is 1.26 bits per heavy atom. The number of anilines is 1. The summed E-state index contributed by atoms with van der Waals surface area (Å²) in [6, 6.07) is 7.63. The molecule has 0 saturated carbocycles. The van der Waals surface area contributed by atoms with Crippen LogP contribution in [0.2, 0.25) is 0 Å². The van der Waals surface area contributed by atoms with Crippen molar-refractivity contribution < 1.29 is 19.4 Å². The fraction of sp³-hybridized carbons (Fsp3) is 0.556. The van der Waals surface area contributed by atoms with Crippen LogP contribution in [-0.4, -0.2) is 36.7 Å². The Balaban J connectivity index is 2.16. The highest BCUT2D eigenvalue weighted by Gasteiger charge is 2.34. The molecule has 0 unspecified atom stereocenters. The zero-order chi connectivity index (χ0) is 17.0. The largest absolute Gasteiger partial charge is 0.481 e. The first kappa shape index (κ1) is 17.3. The van der Waals surface area contributed by atoms with Gasteiger partial charge in [0.25, 0.3) is 0 Å². The number of esters is 1. The van der Waals surface area contributed by atoms with E-state index in [0.29, 0.717) is 6.61 Å². The molecule has 0 atom stereocenters. The number of para-hydroxylation sites is 1. The zero-order valence-corrected chi connectivity index (χ0v) is 14.0. The number of benzene rings is 1. The fourth-order valence-corrected chi connectivity index (χ4v) is 3.01. The standard InChI is InChI=1S/C18H25NO4/c1-4-23-16(20)13-9-11-19(12-10-13)15-8-6-5-7-14(15)18(2,3)17(21)22/h5-8,13H,4,9-12H2,1-3H3,(H,21,22). The lowest BCUT2D eigenvalue weighted by molar-refractivity contribution is -0.148. The second-order valence-electron chi connectivity index (χ2n) is 6.46. The van der Waals surface area contributed by atoms with Crippen LogP contribution in [0.4, 0.5) is 5.69 Å². The van der Waals surface area contributed by atoms with Crippen molar-refractivity contribution in [3.63, 3.8) is 0 Å². The molecule has 5 heteroatoms. The van der Waals surface area contributed by atoms with Crippen molar-refractivity contribution >= 4 is 17.6 Å². The number of ether oxygens (including phenoxy) is 1. The van der Waals surface area contributed by atoms with Crippen LogP contribution in [-0.2, 0) is 19.7 Å². The molecule has 1 N–H and O–H groups in total. The van der Waals surface area contributed by atoms with Crippen LogP contribution in [0.25, 0.3) is 0 Å².